The van der Waals surface area contributed by atoms with E-state index in [1.54, 1.807) is 13.8 Å². The zero-order chi connectivity index (χ0) is 25.1. The van der Waals surface area contributed by atoms with Gasteiger partial charge in [-0.15, -0.1) is 0 Å². The van der Waals surface area contributed by atoms with E-state index in [2.05, 4.69) is 22.8 Å². The van der Waals surface area contributed by atoms with Crippen LogP contribution in [0.1, 0.15) is 61.8 Å². The lowest BCUT2D eigenvalue weighted by Crippen LogP contribution is -2.44. The van der Waals surface area contributed by atoms with Crippen LogP contribution in [0.5, 0.6) is 0 Å². The van der Waals surface area contributed by atoms with Gasteiger partial charge >= 0.3 is 11.9 Å². The van der Waals surface area contributed by atoms with E-state index in [4.69, 9.17) is 9.47 Å². The van der Waals surface area contributed by atoms with Crippen LogP contribution in [0.2, 0.25) is 0 Å². The third-order valence-electron chi connectivity index (χ3n) is 5.71. The Morgan fingerprint density at radius 1 is 0.697 bits per heavy atom. The maximum Gasteiger partial charge on any atom is 0.342 e. The molecule has 0 spiro atoms. The molecule has 1 rings (SSSR count). The van der Waals surface area contributed by atoms with Crippen molar-refractivity contribution in [3.05, 3.63) is 45.8 Å². The summed E-state index contributed by atoms with van der Waals surface area (Å²) in [4.78, 5) is 40.8. The molecule has 0 amide bonds. The van der Waals surface area contributed by atoms with Crippen molar-refractivity contribution in [2.24, 2.45) is 0 Å². The molecule has 0 aromatic carbocycles. The molecule has 7 nitrogen and oxygen atoms in total. The summed E-state index contributed by atoms with van der Waals surface area (Å²) in [6.07, 6.45) is 4.57. The van der Waals surface area contributed by atoms with Gasteiger partial charge in [0.2, 0.25) is 0 Å². The number of hydrogen-bond donors (Lipinski definition) is 0. The SMILES string of the molecule is CCOC(=O)/C(CC)=C(C)\C=C(/C)N1CCN(/C(C)=C/C(C)=C(\C(C)=O)C(=O)OCC)CC1. The molecule has 7 heteroatoms. The van der Waals surface area contributed by atoms with Crippen molar-refractivity contribution in [2.75, 3.05) is 39.4 Å². The molecule has 0 aromatic rings. The van der Waals surface area contributed by atoms with E-state index in [9.17, 15) is 14.4 Å². The Labute approximate surface area is 198 Å². The van der Waals surface area contributed by atoms with E-state index in [0.29, 0.717) is 24.2 Å². The quantitative estimate of drug-likeness (QED) is 0.159. The number of ketones is 1. The molecule has 1 fully saturated rings. The topological polar surface area (TPSA) is 76.2 Å². The van der Waals surface area contributed by atoms with E-state index in [1.807, 2.05) is 33.8 Å². The molecule has 1 heterocycles. The molecule has 184 valence electrons. The number of rotatable bonds is 10. The second-order valence-corrected chi connectivity index (χ2v) is 8.12. The maximum absolute atomic E-state index is 12.2. The Morgan fingerprint density at radius 2 is 1.12 bits per heavy atom. The second-order valence-electron chi connectivity index (χ2n) is 8.12. The number of carbonyl (C=O) groups excluding carboxylic acids is 3. The third kappa shape index (κ3) is 8.22. The predicted molar refractivity (Wildman–Crippen MR) is 130 cm³/mol. The van der Waals surface area contributed by atoms with Crippen LogP contribution < -0.4 is 0 Å². The minimum atomic E-state index is -0.574. The molecule has 0 unspecified atom stereocenters. The van der Waals surface area contributed by atoms with Gasteiger partial charge in [-0.25, -0.2) is 9.59 Å². The van der Waals surface area contributed by atoms with Gasteiger partial charge < -0.3 is 19.3 Å². The highest BCUT2D eigenvalue weighted by Crippen LogP contribution is 2.19. The zero-order valence-electron chi connectivity index (χ0n) is 21.5. The molecule has 33 heavy (non-hydrogen) atoms. The molecule has 0 N–H and O–H groups in total. The monoisotopic (exact) mass is 460 g/mol. The fraction of sp³-hybridized carbons (Fsp3) is 0.577. The summed E-state index contributed by atoms with van der Waals surface area (Å²) in [5, 5.41) is 0. The first-order valence-corrected chi connectivity index (χ1v) is 11.7. The lowest BCUT2D eigenvalue weighted by atomic mass is 10.0. The van der Waals surface area contributed by atoms with E-state index in [-0.39, 0.29) is 23.9 Å². The van der Waals surface area contributed by atoms with Crippen LogP contribution in [0.15, 0.2) is 45.8 Å². The highest BCUT2D eigenvalue weighted by Gasteiger charge is 2.21. The van der Waals surface area contributed by atoms with Crippen molar-refractivity contribution in [3.8, 4) is 0 Å². The minimum absolute atomic E-state index is 0.101. The van der Waals surface area contributed by atoms with Crippen LogP contribution in [0, 0.1) is 0 Å². The molecule has 0 aromatic heterocycles. The summed E-state index contributed by atoms with van der Waals surface area (Å²) in [6, 6.07) is 0. The van der Waals surface area contributed by atoms with Crippen LogP contribution in [0.4, 0.5) is 0 Å². The number of allylic oxidation sites excluding steroid dienone is 6. The fourth-order valence-electron chi connectivity index (χ4n) is 3.97. The largest absolute Gasteiger partial charge is 0.463 e. The molecule has 0 aliphatic carbocycles. The highest BCUT2D eigenvalue weighted by atomic mass is 16.5. The lowest BCUT2D eigenvalue weighted by Gasteiger charge is -2.38. The van der Waals surface area contributed by atoms with Crippen molar-refractivity contribution >= 4 is 17.7 Å². The van der Waals surface area contributed by atoms with Crippen LogP contribution in [-0.2, 0) is 23.9 Å². The predicted octanol–water partition coefficient (Wildman–Crippen LogP) is 4.17. The summed E-state index contributed by atoms with van der Waals surface area (Å²) >= 11 is 0. The smallest absolute Gasteiger partial charge is 0.342 e. The standard InChI is InChI=1S/C26H40N2O5/c1-9-23(25(30)32-10-2)18(4)16-20(6)27-12-14-28(15-13-27)21(7)17-19(5)24(22(8)29)26(31)33-11-3/h16-17H,9-15H2,1-8H3/b20-16+,21-17+,23-18-,24-19+. The van der Waals surface area contributed by atoms with Crippen LogP contribution in [-0.4, -0.2) is 66.9 Å². The Balaban J connectivity index is 2.93. The number of nitrogens with zero attached hydrogens (tertiary/aromatic N) is 2. The van der Waals surface area contributed by atoms with E-state index in [1.165, 1.54) is 6.92 Å². The van der Waals surface area contributed by atoms with Crippen molar-refractivity contribution in [1.82, 2.24) is 9.80 Å². The first kappa shape index (κ1) is 28.2. The molecule has 0 saturated carbocycles. The minimum Gasteiger partial charge on any atom is -0.463 e. The lowest BCUT2D eigenvalue weighted by molar-refractivity contribution is -0.140. The molecular weight excluding hydrogens is 420 g/mol. The van der Waals surface area contributed by atoms with Gasteiger partial charge in [0.05, 0.1) is 13.2 Å². The van der Waals surface area contributed by atoms with Crippen molar-refractivity contribution in [1.29, 1.82) is 0 Å². The summed E-state index contributed by atoms with van der Waals surface area (Å²) in [5.74, 6) is -1.11. The fourth-order valence-corrected chi connectivity index (χ4v) is 3.97. The molecule has 1 aliphatic heterocycles. The second kappa shape index (κ2) is 13.7. The molecule has 0 radical (unpaired) electrons. The van der Waals surface area contributed by atoms with Gasteiger partial charge in [0.15, 0.2) is 5.78 Å². The van der Waals surface area contributed by atoms with Gasteiger partial charge in [0.25, 0.3) is 0 Å². The number of ether oxygens (including phenoxy) is 2. The average molecular weight is 461 g/mol. The normalized spacial score (nSPS) is 16.7. The van der Waals surface area contributed by atoms with Gasteiger partial charge in [-0.2, -0.15) is 0 Å². The van der Waals surface area contributed by atoms with Crippen molar-refractivity contribution in [3.63, 3.8) is 0 Å². The van der Waals surface area contributed by atoms with E-state index in [0.717, 1.165) is 43.1 Å². The molecule has 0 atom stereocenters. The van der Waals surface area contributed by atoms with Crippen LogP contribution in [0.25, 0.3) is 0 Å². The Bertz CT molecular complexity index is 856. The number of esters is 2. The number of piperazine rings is 1. The summed E-state index contributed by atoms with van der Waals surface area (Å²) in [6.45, 7) is 18.6. The molecule has 1 aliphatic rings. The first-order valence-electron chi connectivity index (χ1n) is 11.7. The average Bonchev–Trinajstić information content (AvgIpc) is 2.74. The molecular formula is C26H40N2O5. The van der Waals surface area contributed by atoms with Crippen LogP contribution in [0.3, 0.4) is 0 Å². The highest BCUT2D eigenvalue weighted by molar-refractivity contribution is 6.17. The van der Waals surface area contributed by atoms with Crippen molar-refractivity contribution in [2.45, 2.75) is 61.8 Å². The van der Waals surface area contributed by atoms with E-state index >= 15 is 0 Å². The Kier molecular flexibility index (Phi) is 11.7. The maximum atomic E-state index is 12.2. The third-order valence-corrected chi connectivity index (χ3v) is 5.71. The van der Waals surface area contributed by atoms with Crippen LogP contribution >= 0.6 is 0 Å². The number of Topliss-reactive ketones (excluding diaryl/α,β-unsaturated/α-hetero) is 1. The Morgan fingerprint density at radius 3 is 1.52 bits per heavy atom. The number of carbonyl (C=O) groups is 3. The van der Waals surface area contributed by atoms with Gasteiger partial charge in [0, 0.05) is 43.1 Å². The first-order chi connectivity index (χ1) is 15.6. The summed E-state index contributed by atoms with van der Waals surface area (Å²) in [5.41, 5.74) is 4.47. The van der Waals surface area contributed by atoms with Gasteiger partial charge in [-0.05, 0) is 78.2 Å². The van der Waals surface area contributed by atoms with Gasteiger partial charge in [-0.3, -0.25) is 4.79 Å². The van der Waals surface area contributed by atoms with Gasteiger partial charge in [0.1, 0.15) is 5.57 Å². The summed E-state index contributed by atoms with van der Waals surface area (Å²) in [7, 11) is 0. The van der Waals surface area contributed by atoms with E-state index < -0.39 is 5.97 Å². The molecule has 0 bridgehead atoms. The number of hydrogen-bond acceptors (Lipinski definition) is 7. The Hall–Kier alpha value is -2.83. The zero-order valence-corrected chi connectivity index (χ0v) is 21.5. The molecule has 1 saturated heterocycles. The van der Waals surface area contributed by atoms with Crippen molar-refractivity contribution < 1.29 is 23.9 Å². The summed E-state index contributed by atoms with van der Waals surface area (Å²) < 4.78 is 10.2. The van der Waals surface area contributed by atoms with Gasteiger partial charge in [-0.1, -0.05) is 6.92 Å².